The summed E-state index contributed by atoms with van der Waals surface area (Å²) in [5, 5.41) is 9.68. The highest BCUT2D eigenvalue weighted by Crippen LogP contribution is 2.43. The number of halogens is 2. The summed E-state index contributed by atoms with van der Waals surface area (Å²) in [7, 11) is 0. The van der Waals surface area contributed by atoms with E-state index in [9.17, 15) is 9.50 Å². The summed E-state index contributed by atoms with van der Waals surface area (Å²) in [5.74, 6) is 0.0844. The lowest BCUT2D eigenvalue weighted by molar-refractivity contribution is 0.449. The van der Waals surface area contributed by atoms with E-state index in [0.29, 0.717) is 16.0 Å². The normalized spacial score (nSPS) is 18.2. The fourth-order valence-electron chi connectivity index (χ4n) is 1.55. The van der Waals surface area contributed by atoms with Gasteiger partial charge in [-0.1, -0.05) is 0 Å². The summed E-state index contributed by atoms with van der Waals surface area (Å²) >= 11 is 3.09. The SMILES string of the molecule is N[C@H](c1cc(F)cc(Br)c1O)C1CC1. The van der Waals surface area contributed by atoms with Crippen molar-refractivity contribution < 1.29 is 9.50 Å². The average Bonchev–Trinajstić information content (AvgIpc) is 2.93. The molecule has 2 nitrogen and oxygen atoms in total. The van der Waals surface area contributed by atoms with Gasteiger partial charge >= 0.3 is 0 Å². The Morgan fingerprint density at radius 1 is 1.50 bits per heavy atom. The number of nitrogens with two attached hydrogens (primary N) is 1. The van der Waals surface area contributed by atoms with E-state index in [1.807, 2.05) is 0 Å². The van der Waals surface area contributed by atoms with Gasteiger partial charge in [0.15, 0.2) is 0 Å². The molecule has 1 aromatic rings. The molecule has 76 valence electrons. The quantitative estimate of drug-likeness (QED) is 0.858. The molecular formula is C10H11BrFNO. The Hall–Kier alpha value is -0.610. The van der Waals surface area contributed by atoms with Gasteiger partial charge in [-0.3, -0.25) is 0 Å². The zero-order chi connectivity index (χ0) is 10.3. The Bertz CT molecular complexity index is 365. The third-order valence-electron chi connectivity index (χ3n) is 2.55. The van der Waals surface area contributed by atoms with E-state index in [4.69, 9.17) is 5.73 Å². The van der Waals surface area contributed by atoms with Crippen LogP contribution in [-0.4, -0.2) is 5.11 Å². The second kappa shape index (κ2) is 3.51. The molecule has 1 saturated carbocycles. The fraction of sp³-hybridized carbons (Fsp3) is 0.400. The molecular weight excluding hydrogens is 249 g/mol. The van der Waals surface area contributed by atoms with E-state index in [2.05, 4.69) is 15.9 Å². The molecule has 1 aromatic carbocycles. The molecule has 0 spiro atoms. The first-order valence-electron chi connectivity index (χ1n) is 4.53. The highest BCUT2D eigenvalue weighted by atomic mass is 79.9. The van der Waals surface area contributed by atoms with Gasteiger partial charge in [0, 0.05) is 11.6 Å². The number of rotatable bonds is 2. The monoisotopic (exact) mass is 259 g/mol. The van der Waals surface area contributed by atoms with Crippen LogP contribution in [0.4, 0.5) is 4.39 Å². The maximum absolute atomic E-state index is 13.1. The summed E-state index contributed by atoms with van der Waals surface area (Å²) in [6, 6.07) is 2.30. The smallest absolute Gasteiger partial charge is 0.134 e. The highest BCUT2D eigenvalue weighted by molar-refractivity contribution is 9.10. The summed E-state index contributed by atoms with van der Waals surface area (Å²) in [5.41, 5.74) is 6.39. The van der Waals surface area contributed by atoms with Crippen LogP contribution < -0.4 is 5.73 Å². The van der Waals surface area contributed by atoms with Crippen molar-refractivity contribution in [1.82, 2.24) is 0 Å². The van der Waals surface area contributed by atoms with Crippen LogP contribution in [0.5, 0.6) is 5.75 Å². The molecule has 0 unspecified atom stereocenters. The van der Waals surface area contributed by atoms with E-state index in [1.165, 1.54) is 12.1 Å². The number of hydrogen-bond donors (Lipinski definition) is 2. The Kier molecular flexibility index (Phi) is 2.49. The molecule has 1 fully saturated rings. The van der Waals surface area contributed by atoms with Crippen molar-refractivity contribution in [2.75, 3.05) is 0 Å². The first-order valence-corrected chi connectivity index (χ1v) is 5.32. The summed E-state index contributed by atoms with van der Waals surface area (Å²) < 4.78 is 13.4. The first kappa shape index (κ1) is 9.93. The Morgan fingerprint density at radius 3 is 2.71 bits per heavy atom. The van der Waals surface area contributed by atoms with Gasteiger partial charge in [-0.25, -0.2) is 4.39 Å². The van der Waals surface area contributed by atoms with Crippen molar-refractivity contribution in [3.8, 4) is 5.75 Å². The fourth-order valence-corrected chi connectivity index (χ4v) is 2.00. The lowest BCUT2D eigenvalue weighted by atomic mass is 10.0. The minimum Gasteiger partial charge on any atom is -0.506 e. The molecule has 3 N–H and O–H groups in total. The molecule has 4 heteroatoms. The van der Waals surface area contributed by atoms with Gasteiger partial charge in [-0.15, -0.1) is 0 Å². The lowest BCUT2D eigenvalue weighted by Gasteiger charge is -2.13. The summed E-state index contributed by atoms with van der Waals surface area (Å²) in [6.45, 7) is 0. The predicted molar refractivity (Wildman–Crippen MR) is 55.4 cm³/mol. The van der Waals surface area contributed by atoms with E-state index in [1.54, 1.807) is 0 Å². The van der Waals surface area contributed by atoms with E-state index in [0.717, 1.165) is 12.8 Å². The number of benzene rings is 1. The molecule has 0 radical (unpaired) electrons. The van der Waals surface area contributed by atoms with Gasteiger partial charge in [0.2, 0.25) is 0 Å². The number of hydrogen-bond acceptors (Lipinski definition) is 2. The van der Waals surface area contributed by atoms with E-state index in [-0.39, 0.29) is 17.6 Å². The Balaban J connectivity index is 2.39. The molecule has 1 atom stereocenters. The van der Waals surface area contributed by atoms with Gasteiger partial charge in [0.05, 0.1) is 4.47 Å². The minimum atomic E-state index is -0.374. The van der Waals surface area contributed by atoms with Gasteiger partial charge in [0.25, 0.3) is 0 Å². The highest BCUT2D eigenvalue weighted by Gasteiger charge is 2.31. The Labute approximate surface area is 90.1 Å². The van der Waals surface area contributed by atoms with Crippen LogP contribution in [-0.2, 0) is 0 Å². The molecule has 2 rings (SSSR count). The molecule has 0 heterocycles. The van der Waals surface area contributed by atoms with Gasteiger partial charge in [-0.05, 0) is 46.8 Å². The van der Waals surface area contributed by atoms with Gasteiger partial charge in [0.1, 0.15) is 11.6 Å². The lowest BCUT2D eigenvalue weighted by Crippen LogP contribution is -2.12. The molecule has 0 bridgehead atoms. The molecule has 0 saturated heterocycles. The molecule has 1 aliphatic rings. The van der Waals surface area contributed by atoms with Crippen LogP contribution in [0, 0.1) is 11.7 Å². The molecule has 0 aliphatic heterocycles. The predicted octanol–water partition coefficient (Wildman–Crippen LogP) is 2.70. The zero-order valence-corrected chi connectivity index (χ0v) is 9.09. The maximum atomic E-state index is 13.1. The van der Waals surface area contributed by atoms with E-state index < -0.39 is 0 Å². The van der Waals surface area contributed by atoms with Crippen LogP contribution in [0.1, 0.15) is 24.4 Å². The van der Waals surface area contributed by atoms with Crippen molar-refractivity contribution in [1.29, 1.82) is 0 Å². The van der Waals surface area contributed by atoms with Crippen molar-refractivity contribution in [3.05, 3.63) is 28.0 Å². The van der Waals surface area contributed by atoms with Crippen LogP contribution in [0.15, 0.2) is 16.6 Å². The second-order valence-corrected chi connectivity index (χ2v) is 4.54. The van der Waals surface area contributed by atoms with Gasteiger partial charge < -0.3 is 10.8 Å². The summed E-state index contributed by atoms with van der Waals surface area (Å²) in [6.07, 6.45) is 2.13. The first-order chi connectivity index (χ1) is 6.59. The third-order valence-corrected chi connectivity index (χ3v) is 3.15. The Morgan fingerprint density at radius 2 is 2.14 bits per heavy atom. The van der Waals surface area contributed by atoms with Crippen molar-refractivity contribution >= 4 is 15.9 Å². The van der Waals surface area contributed by atoms with Gasteiger partial charge in [-0.2, -0.15) is 0 Å². The number of aromatic hydroxyl groups is 1. The van der Waals surface area contributed by atoms with Crippen LogP contribution >= 0.6 is 15.9 Å². The number of phenols is 1. The second-order valence-electron chi connectivity index (χ2n) is 3.69. The van der Waals surface area contributed by atoms with Crippen molar-refractivity contribution in [2.24, 2.45) is 11.7 Å². The average molecular weight is 260 g/mol. The molecule has 0 amide bonds. The molecule has 14 heavy (non-hydrogen) atoms. The third kappa shape index (κ3) is 1.77. The standard InChI is InChI=1S/C10H11BrFNO/c11-8-4-6(12)3-7(10(8)14)9(13)5-1-2-5/h3-5,9,14H,1-2,13H2/t9-/m0/s1. The molecule has 1 aliphatic carbocycles. The van der Waals surface area contributed by atoms with Crippen LogP contribution in [0.2, 0.25) is 0 Å². The van der Waals surface area contributed by atoms with Crippen molar-refractivity contribution in [3.63, 3.8) is 0 Å². The topological polar surface area (TPSA) is 46.2 Å². The van der Waals surface area contributed by atoms with Crippen molar-refractivity contribution in [2.45, 2.75) is 18.9 Å². The molecule has 0 aromatic heterocycles. The van der Waals surface area contributed by atoms with E-state index >= 15 is 0 Å². The van der Waals surface area contributed by atoms with Crippen LogP contribution in [0.3, 0.4) is 0 Å². The summed E-state index contributed by atoms with van der Waals surface area (Å²) in [4.78, 5) is 0. The van der Waals surface area contributed by atoms with Crippen LogP contribution in [0.25, 0.3) is 0 Å². The number of phenolic OH excluding ortho intramolecular Hbond substituents is 1. The largest absolute Gasteiger partial charge is 0.506 e. The maximum Gasteiger partial charge on any atom is 0.134 e. The minimum absolute atomic E-state index is 0.0609. The zero-order valence-electron chi connectivity index (χ0n) is 7.50.